The minimum atomic E-state index is -0.0833. The Labute approximate surface area is 54.7 Å². The molecule has 0 aromatic rings. The molecule has 2 heterocycles. The van der Waals surface area contributed by atoms with Crippen LogP contribution < -0.4 is 5.32 Å². The van der Waals surface area contributed by atoms with Crippen LogP contribution in [0.25, 0.3) is 0 Å². The topological polar surface area (TPSA) is 51.5 Å². The van der Waals surface area contributed by atoms with Crippen LogP contribution in [0.4, 0.5) is 0 Å². The van der Waals surface area contributed by atoms with Crippen molar-refractivity contribution in [2.45, 2.75) is 7.43 Å². The number of carbonyl (C=O) groups is 1. The van der Waals surface area contributed by atoms with E-state index in [4.69, 9.17) is 0 Å². The Morgan fingerprint density at radius 3 is 1.89 bits per heavy atom. The Morgan fingerprint density at radius 1 is 1.67 bits per heavy atom. The maximum Gasteiger partial charge on any atom is 0.344 e. The third-order valence-corrected chi connectivity index (χ3v) is 0.689. The van der Waals surface area contributed by atoms with Gasteiger partial charge in [-0.2, -0.15) is 0 Å². The minimum Gasteiger partial charge on any atom is -0.451 e. The molecule has 0 aromatic carbocycles. The second-order valence-electron chi connectivity index (χ2n) is 1.62. The lowest BCUT2D eigenvalue weighted by Crippen LogP contribution is -1.55. The summed E-state index contributed by atoms with van der Waals surface area (Å²) in [7, 11) is 0. The van der Waals surface area contributed by atoms with Crippen molar-refractivity contribution in [1.82, 2.24) is 5.32 Å². The molecule has 2 rings (SSSR count). The van der Waals surface area contributed by atoms with Crippen molar-refractivity contribution in [2.24, 2.45) is 0 Å². The predicted molar refractivity (Wildman–Crippen MR) is 34.8 cm³/mol. The zero-order valence-electron chi connectivity index (χ0n) is 4.44. The van der Waals surface area contributed by atoms with Crippen molar-refractivity contribution in [3.63, 3.8) is 0 Å². The van der Waals surface area contributed by atoms with E-state index in [0.717, 1.165) is 6.54 Å². The average molecular weight is 129 g/mol. The number of epoxide rings is 1. The van der Waals surface area contributed by atoms with Crippen LogP contribution in [-0.2, 0) is 9.53 Å². The fourth-order valence-electron chi connectivity index (χ4n) is 0.0920. The SMILES string of the molecule is C.C=C1CN1.O=C1CO1. The van der Waals surface area contributed by atoms with Gasteiger partial charge in [0.2, 0.25) is 0 Å². The molecular weight excluding hydrogens is 118 g/mol. The molecule has 0 unspecified atom stereocenters. The highest BCUT2D eigenvalue weighted by atomic mass is 16.6. The number of nitrogens with one attached hydrogen (secondary N) is 1. The van der Waals surface area contributed by atoms with Gasteiger partial charge < -0.3 is 10.1 Å². The minimum absolute atomic E-state index is 0. The first-order valence-electron chi connectivity index (χ1n) is 2.36. The lowest BCUT2D eigenvalue weighted by Gasteiger charge is -1.37. The first-order valence-corrected chi connectivity index (χ1v) is 2.36. The van der Waals surface area contributed by atoms with Gasteiger partial charge in [-0.3, -0.25) is 0 Å². The van der Waals surface area contributed by atoms with Crippen LogP contribution in [0.5, 0.6) is 0 Å². The highest BCUT2D eigenvalue weighted by Gasteiger charge is 2.15. The monoisotopic (exact) mass is 129 g/mol. The zero-order chi connectivity index (χ0) is 5.98. The van der Waals surface area contributed by atoms with Gasteiger partial charge in [-0.1, -0.05) is 14.0 Å². The number of ether oxygens (including phenoxy) is 1. The van der Waals surface area contributed by atoms with E-state index in [1.54, 1.807) is 0 Å². The maximum atomic E-state index is 9.33. The maximum absolute atomic E-state index is 9.33. The molecular formula is C6H11NO2. The van der Waals surface area contributed by atoms with Crippen LogP contribution >= 0.6 is 0 Å². The molecule has 0 radical (unpaired) electrons. The Bertz CT molecular complexity index is 103. The van der Waals surface area contributed by atoms with Crippen molar-refractivity contribution in [3.8, 4) is 0 Å². The second kappa shape index (κ2) is 3.12. The van der Waals surface area contributed by atoms with E-state index < -0.39 is 0 Å². The Balaban J connectivity index is 0.000000128. The summed E-state index contributed by atoms with van der Waals surface area (Å²) in [5.41, 5.74) is 1.17. The van der Waals surface area contributed by atoms with Gasteiger partial charge in [0, 0.05) is 5.70 Å². The number of carbonyl (C=O) groups excluding carboxylic acids is 1. The number of cyclic esters (lactones) is 1. The van der Waals surface area contributed by atoms with E-state index in [1.807, 2.05) is 0 Å². The summed E-state index contributed by atoms with van der Waals surface area (Å²) < 4.78 is 4.07. The summed E-state index contributed by atoms with van der Waals surface area (Å²) in [5, 5.41) is 2.90. The van der Waals surface area contributed by atoms with Gasteiger partial charge in [0.15, 0.2) is 6.61 Å². The number of hydrogen-bond donors (Lipinski definition) is 1. The van der Waals surface area contributed by atoms with Gasteiger partial charge in [0.25, 0.3) is 0 Å². The highest BCUT2D eigenvalue weighted by molar-refractivity contribution is 5.82. The van der Waals surface area contributed by atoms with E-state index in [2.05, 4.69) is 16.6 Å². The molecule has 0 aliphatic carbocycles. The molecule has 0 amide bonds. The van der Waals surface area contributed by atoms with Crippen LogP contribution in [0.15, 0.2) is 12.3 Å². The van der Waals surface area contributed by atoms with Gasteiger partial charge in [0.1, 0.15) is 0 Å². The predicted octanol–water partition coefficient (Wildman–Crippen LogP) is 0.283. The van der Waals surface area contributed by atoms with E-state index in [1.165, 1.54) is 5.70 Å². The van der Waals surface area contributed by atoms with E-state index in [9.17, 15) is 4.79 Å². The number of rotatable bonds is 0. The first-order chi connectivity index (χ1) is 3.79. The zero-order valence-corrected chi connectivity index (χ0v) is 4.44. The standard InChI is InChI=1S/C3H5N.C2H2O2.CH4/c1-3-2-4-3;3-2-1-4-2;/h4H,1-2H2;1H2;1H4. The summed E-state index contributed by atoms with van der Waals surface area (Å²) in [6, 6.07) is 0. The highest BCUT2D eigenvalue weighted by Crippen LogP contribution is 1.92. The molecule has 0 bridgehead atoms. The summed E-state index contributed by atoms with van der Waals surface area (Å²) in [6.07, 6.45) is 0. The molecule has 0 atom stereocenters. The van der Waals surface area contributed by atoms with Crippen molar-refractivity contribution in [2.75, 3.05) is 13.2 Å². The van der Waals surface area contributed by atoms with Crippen LogP contribution in [0, 0.1) is 0 Å². The molecule has 0 saturated carbocycles. The summed E-state index contributed by atoms with van der Waals surface area (Å²) in [5.74, 6) is -0.0833. The largest absolute Gasteiger partial charge is 0.451 e. The van der Waals surface area contributed by atoms with Crippen LogP contribution in [-0.4, -0.2) is 19.1 Å². The fraction of sp³-hybridized carbons (Fsp3) is 0.500. The molecule has 3 heteroatoms. The molecule has 1 N–H and O–H groups in total. The molecule has 3 nitrogen and oxygen atoms in total. The van der Waals surface area contributed by atoms with Crippen molar-refractivity contribution >= 4 is 5.97 Å². The van der Waals surface area contributed by atoms with Crippen LogP contribution in [0.3, 0.4) is 0 Å². The Kier molecular flexibility index (Phi) is 2.78. The van der Waals surface area contributed by atoms with Gasteiger partial charge >= 0.3 is 5.97 Å². The molecule has 0 spiro atoms. The van der Waals surface area contributed by atoms with Crippen molar-refractivity contribution in [1.29, 1.82) is 0 Å². The molecule has 9 heavy (non-hydrogen) atoms. The third kappa shape index (κ3) is 7.01. The molecule has 2 saturated heterocycles. The first kappa shape index (κ1) is 8.01. The summed E-state index contributed by atoms with van der Waals surface area (Å²) in [4.78, 5) is 9.33. The van der Waals surface area contributed by atoms with E-state index in [0.29, 0.717) is 6.61 Å². The Morgan fingerprint density at radius 2 is 1.89 bits per heavy atom. The fourth-order valence-corrected chi connectivity index (χ4v) is 0.0920. The van der Waals surface area contributed by atoms with Gasteiger partial charge in [-0.25, -0.2) is 4.79 Å². The summed E-state index contributed by atoms with van der Waals surface area (Å²) >= 11 is 0. The molecule has 2 aliphatic heterocycles. The van der Waals surface area contributed by atoms with Crippen molar-refractivity contribution in [3.05, 3.63) is 12.3 Å². The van der Waals surface area contributed by atoms with Gasteiger partial charge in [-0.05, 0) is 0 Å². The Hall–Kier alpha value is -0.990. The third-order valence-electron chi connectivity index (χ3n) is 0.689. The lowest BCUT2D eigenvalue weighted by atomic mass is 10.8. The van der Waals surface area contributed by atoms with Gasteiger partial charge in [0.05, 0.1) is 6.54 Å². The van der Waals surface area contributed by atoms with E-state index >= 15 is 0 Å². The number of hydrogen-bond acceptors (Lipinski definition) is 3. The van der Waals surface area contributed by atoms with E-state index in [-0.39, 0.29) is 13.4 Å². The quantitative estimate of drug-likeness (QED) is 0.478. The van der Waals surface area contributed by atoms with Crippen molar-refractivity contribution < 1.29 is 9.53 Å². The van der Waals surface area contributed by atoms with Gasteiger partial charge in [-0.15, -0.1) is 0 Å². The average Bonchev–Trinajstić information content (AvgIpc) is 2.47. The molecule has 0 aromatic heterocycles. The second-order valence-corrected chi connectivity index (χ2v) is 1.62. The lowest BCUT2D eigenvalue weighted by molar-refractivity contribution is -0.117. The van der Waals surface area contributed by atoms with Crippen LogP contribution in [0.2, 0.25) is 0 Å². The summed E-state index contributed by atoms with van der Waals surface area (Å²) in [6.45, 7) is 4.94. The molecule has 52 valence electrons. The molecule has 2 aliphatic rings. The molecule has 2 fully saturated rings. The van der Waals surface area contributed by atoms with Crippen LogP contribution in [0.1, 0.15) is 7.43 Å². The normalized spacial score (nSPS) is 17.3. The smallest absolute Gasteiger partial charge is 0.344 e.